The molecule has 0 saturated carbocycles. The Bertz CT molecular complexity index is 942. The number of carbonyl (C=O) groups excluding carboxylic acids is 2. The van der Waals surface area contributed by atoms with E-state index in [1.165, 1.54) is 42.5 Å². The van der Waals surface area contributed by atoms with Gasteiger partial charge in [-0.3, -0.25) is 9.52 Å². The Morgan fingerprint density at radius 1 is 1.15 bits per heavy atom. The molecule has 0 fully saturated rings. The standard InChI is InChI=1S/C18H17BrN2O5S/c1-2-10-20-17(22)12-26-18(23)13-4-3-5-15(11-13)21-27(24,25)16-8-6-14(19)7-9-16/h2-9,11,21H,1,10,12H2,(H,20,22). The third-order valence-electron chi connectivity index (χ3n) is 3.25. The third-order valence-corrected chi connectivity index (χ3v) is 5.18. The zero-order valence-electron chi connectivity index (χ0n) is 14.1. The highest BCUT2D eigenvalue weighted by Crippen LogP contribution is 2.19. The van der Waals surface area contributed by atoms with Crippen LogP contribution in [0.2, 0.25) is 0 Å². The van der Waals surface area contributed by atoms with Gasteiger partial charge in [-0.1, -0.05) is 28.1 Å². The Morgan fingerprint density at radius 3 is 2.52 bits per heavy atom. The molecule has 0 saturated heterocycles. The van der Waals surface area contributed by atoms with Gasteiger partial charge in [0, 0.05) is 16.7 Å². The van der Waals surface area contributed by atoms with E-state index in [0.29, 0.717) is 0 Å². The van der Waals surface area contributed by atoms with Gasteiger partial charge >= 0.3 is 5.97 Å². The number of esters is 1. The molecule has 0 aliphatic carbocycles. The van der Waals surface area contributed by atoms with Gasteiger partial charge in [0.05, 0.1) is 10.5 Å². The van der Waals surface area contributed by atoms with E-state index >= 15 is 0 Å². The molecule has 2 aromatic carbocycles. The first kappa shape index (κ1) is 20.7. The molecule has 2 N–H and O–H groups in total. The molecule has 2 aromatic rings. The van der Waals surface area contributed by atoms with Crippen molar-refractivity contribution in [2.75, 3.05) is 17.9 Å². The summed E-state index contributed by atoms with van der Waals surface area (Å²) in [4.78, 5) is 23.6. The SMILES string of the molecule is C=CCNC(=O)COC(=O)c1cccc(NS(=O)(=O)c2ccc(Br)cc2)c1. The number of hydrogen-bond acceptors (Lipinski definition) is 5. The van der Waals surface area contributed by atoms with Crippen molar-refractivity contribution < 1.29 is 22.7 Å². The number of hydrogen-bond donors (Lipinski definition) is 2. The average Bonchev–Trinajstić information content (AvgIpc) is 2.64. The molecule has 0 atom stereocenters. The number of benzene rings is 2. The summed E-state index contributed by atoms with van der Waals surface area (Å²) in [5.74, 6) is -1.20. The van der Waals surface area contributed by atoms with Crippen LogP contribution in [0.5, 0.6) is 0 Å². The lowest BCUT2D eigenvalue weighted by atomic mass is 10.2. The van der Waals surface area contributed by atoms with Crippen molar-refractivity contribution in [3.63, 3.8) is 0 Å². The van der Waals surface area contributed by atoms with Crippen LogP contribution < -0.4 is 10.0 Å². The van der Waals surface area contributed by atoms with E-state index in [0.717, 1.165) is 4.47 Å². The number of carbonyl (C=O) groups is 2. The van der Waals surface area contributed by atoms with E-state index in [2.05, 4.69) is 32.5 Å². The van der Waals surface area contributed by atoms with Crippen LogP contribution in [0.15, 0.2) is 70.6 Å². The van der Waals surface area contributed by atoms with Gasteiger partial charge in [0.25, 0.3) is 15.9 Å². The number of rotatable bonds is 8. The van der Waals surface area contributed by atoms with E-state index in [1.807, 2.05) is 0 Å². The summed E-state index contributed by atoms with van der Waals surface area (Å²) in [5, 5.41) is 2.47. The van der Waals surface area contributed by atoms with E-state index < -0.39 is 28.5 Å². The van der Waals surface area contributed by atoms with Crippen molar-refractivity contribution in [1.29, 1.82) is 0 Å². The summed E-state index contributed by atoms with van der Waals surface area (Å²) in [7, 11) is -3.81. The van der Waals surface area contributed by atoms with Gasteiger partial charge in [-0.05, 0) is 42.5 Å². The van der Waals surface area contributed by atoms with E-state index in [4.69, 9.17) is 4.74 Å². The van der Waals surface area contributed by atoms with Crippen molar-refractivity contribution in [3.05, 3.63) is 71.2 Å². The molecule has 7 nitrogen and oxygen atoms in total. The zero-order chi connectivity index (χ0) is 19.9. The normalized spacial score (nSPS) is 10.7. The molecule has 0 radical (unpaired) electrons. The molecule has 0 aliphatic heterocycles. The zero-order valence-corrected chi connectivity index (χ0v) is 16.5. The van der Waals surface area contributed by atoms with Crippen molar-refractivity contribution in [2.24, 2.45) is 0 Å². The molecule has 1 amide bonds. The largest absolute Gasteiger partial charge is 0.452 e. The topological polar surface area (TPSA) is 102 Å². The van der Waals surface area contributed by atoms with Crippen molar-refractivity contribution in [1.82, 2.24) is 5.32 Å². The van der Waals surface area contributed by atoms with Crippen LogP contribution in [0.4, 0.5) is 5.69 Å². The quantitative estimate of drug-likeness (QED) is 0.473. The first-order valence-electron chi connectivity index (χ1n) is 7.75. The molecule has 142 valence electrons. The van der Waals surface area contributed by atoms with Crippen molar-refractivity contribution >= 4 is 43.5 Å². The van der Waals surface area contributed by atoms with Gasteiger partial charge in [0.15, 0.2) is 6.61 Å². The molecule has 2 rings (SSSR count). The molecule has 9 heteroatoms. The highest BCUT2D eigenvalue weighted by Gasteiger charge is 2.16. The minimum absolute atomic E-state index is 0.0811. The van der Waals surface area contributed by atoms with Gasteiger partial charge in [-0.25, -0.2) is 13.2 Å². The Kier molecular flexibility index (Phi) is 7.14. The summed E-state index contributed by atoms with van der Waals surface area (Å²) in [5.41, 5.74) is 0.311. The number of sulfonamides is 1. The second-order valence-electron chi connectivity index (χ2n) is 5.31. The van der Waals surface area contributed by atoms with Gasteiger partial charge in [0.1, 0.15) is 0 Å². The third kappa shape index (κ3) is 6.22. The van der Waals surface area contributed by atoms with Gasteiger partial charge < -0.3 is 10.1 Å². The lowest BCUT2D eigenvalue weighted by molar-refractivity contribution is -0.124. The van der Waals surface area contributed by atoms with Crippen LogP contribution in [0.25, 0.3) is 0 Å². The molecule has 0 heterocycles. The predicted molar refractivity (Wildman–Crippen MR) is 105 cm³/mol. The number of amides is 1. The maximum Gasteiger partial charge on any atom is 0.338 e. The summed E-state index contributed by atoms with van der Waals surface area (Å²) < 4.78 is 32.9. The molecule has 0 aliphatic rings. The first-order chi connectivity index (χ1) is 12.8. The van der Waals surface area contributed by atoms with Gasteiger partial charge in [-0.2, -0.15) is 0 Å². The monoisotopic (exact) mass is 452 g/mol. The Hall–Kier alpha value is -2.65. The maximum absolute atomic E-state index is 12.4. The minimum Gasteiger partial charge on any atom is -0.452 e. The van der Waals surface area contributed by atoms with E-state index in [-0.39, 0.29) is 22.7 Å². The van der Waals surface area contributed by atoms with Crippen LogP contribution in [0.3, 0.4) is 0 Å². The molecular weight excluding hydrogens is 436 g/mol. The number of anilines is 1. The number of nitrogens with one attached hydrogen (secondary N) is 2. The maximum atomic E-state index is 12.4. The second kappa shape index (κ2) is 9.33. The summed E-state index contributed by atoms with van der Waals surface area (Å²) in [6.45, 7) is 3.28. The fourth-order valence-corrected chi connectivity index (χ4v) is 3.30. The lowest BCUT2D eigenvalue weighted by Crippen LogP contribution is -2.28. The Labute approximate surface area is 165 Å². The van der Waals surface area contributed by atoms with Crippen LogP contribution in [0, 0.1) is 0 Å². The highest BCUT2D eigenvalue weighted by molar-refractivity contribution is 9.10. The van der Waals surface area contributed by atoms with Crippen LogP contribution >= 0.6 is 15.9 Å². The molecule has 27 heavy (non-hydrogen) atoms. The van der Waals surface area contributed by atoms with Crippen LogP contribution in [0.1, 0.15) is 10.4 Å². The first-order valence-corrected chi connectivity index (χ1v) is 10.0. The second-order valence-corrected chi connectivity index (χ2v) is 7.91. The molecule has 0 unspecified atom stereocenters. The number of ether oxygens (including phenoxy) is 1. The van der Waals surface area contributed by atoms with Crippen LogP contribution in [-0.4, -0.2) is 33.4 Å². The van der Waals surface area contributed by atoms with E-state index in [9.17, 15) is 18.0 Å². The molecule has 0 bridgehead atoms. The highest BCUT2D eigenvalue weighted by atomic mass is 79.9. The Morgan fingerprint density at radius 2 is 1.85 bits per heavy atom. The van der Waals surface area contributed by atoms with Crippen LogP contribution in [-0.2, 0) is 19.6 Å². The Balaban J connectivity index is 2.06. The fraction of sp³-hybridized carbons (Fsp3) is 0.111. The van der Waals surface area contributed by atoms with E-state index in [1.54, 1.807) is 12.1 Å². The van der Waals surface area contributed by atoms with Gasteiger partial charge in [-0.15, -0.1) is 6.58 Å². The van der Waals surface area contributed by atoms with Gasteiger partial charge in [0.2, 0.25) is 0 Å². The summed E-state index contributed by atoms with van der Waals surface area (Å²) >= 11 is 3.24. The van der Waals surface area contributed by atoms with Crippen molar-refractivity contribution in [2.45, 2.75) is 4.90 Å². The molecule has 0 spiro atoms. The summed E-state index contributed by atoms with van der Waals surface area (Å²) in [6.07, 6.45) is 1.50. The smallest absolute Gasteiger partial charge is 0.338 e. The summed E-state index contributed by atoms with van der Waals surface area (Å²) in [6, 6.07) is 11.9. The lowest BCUT2D eigenvalue weighted by Gasteiger charge is -2.10. The molecular formula is C18H17BrN2O5S. The van der Waals surface area contributed by atoms with Crippen molar-refractivity contribution in [3.8, 4) is 0 Å². The predicted octanol–water partition coefficient (Wildman–Crippen LogP) is 2.71. The fourth-order valence-electron chi connectivity index (χ4n) is 1.99. The number of halogens is 1. The average molecular weight is 453 g/mol. The molecule has 0 aromatic heterocycles. The minimum atomic E-state index is -3.81.